The van der Waals surface area contributed by atoms with Crippen LogP contribution >= 0.6 is 11.6 Å². The molecular formula is C28H23ClFN7O. The Balaban J connectivity index is 1.35. The van der Waals surface area contributed by atoms with Gasteiger partial charge in [0.05, 0.1) is 21.9 Å². The summed E-state index contributed by atoms with van der Waals surface area (Å²) < 4.78 is 22.7. The quantitative estimate of drug-likeness (QED) is 0.249. The van der Waals surface area contributed by atoms with E-state index < -0.39 is 5.82 Å². The van der Waals surface area contributed by atoms with Crippen molar-refractivity contribution in [3.05, 3.63) is 88.8 Å². The standard InChI is InChI=1S/C28H23ClFN7O/c1-16(2)37-17(3)33-27-23(30)11-18(12-25(27)37)24-9-10-32-28(36-24)35-19-7-8-26(22(29)13-19)38-15-21-6-4-5-20(14-31)34-21/h4-13,16H,15H2,1-3H3,(H,32,35,36). The average Bonchev–Trinajstić information content (AvgIpc) is 3.25. The van der Waals surface area contributed by atoms with E-state index in [-0.39, 0.29) is 12.6 Å². The number of benzene rings is 2. The second-order valence-corrected chi connectivity index (χ2v) is 9.31. The fourth-order valence-corrected chi connectivity index (χ4v) is 4.48. The summed E-state index contributed by atoms with van der Waals surface area (Å²) in [5.74, 6) is 1.16. The summed E-state index contributed by atoms with van der Waals surface area (Å²) in [6, 6.07) is 17.6. The first-order valence-corrected chi connectivity index (χ1v) is 12.3. The van der Waals surface area contributed by atoms with Crippen LogP contribution in [0, 0.1) is 24.1 Å². The first-order chi connectivity index (χ1) is 18.3. The van der Waals surface area contributed by atoms with Gasteiger partial charge in [0.2, 0.25) is 5.95 Å². The van der Waals surface area contributed by atoms with Crippen molar-refractivity contribution in [1.29, 1.82) is 5.26 Å². The molecule has 2 aromatic carbocycles. The normalized spacial score (nSPS) is 11.1. The molecule has 0 aliphatic rings. The molecule has 3 heterocycles. The lowest BCUT2D eigenvalue weighted by Gasteiger charge is -2.12. The Morgan fingerprint density at radius 3 is 2.71 bits per heavy atom. The van der Waals surface area contributed by atoms with Gasteiger partial charge in [-0.15, -0.1) is 0 Å². The SMILES string of the molecule is Cc1nc2c(F)cc(-c3ccnc(Nc4ccc(OCc5cccc(C#N)n5)c(Cl)c4)n3)cc2n1C(C)C. The molecule has 190 valence electrons. The Morgan fingerprint density at radius 1 is 1.11 bits per heavy atom. The molecule has 0 saturated heterocycles. The number of fused-ring (bicyclic) bond motifs is 1. The van der Waals surface area contributed by atoms with Crippen LogP contribution in [0.4, 0.5) is 16.0 Å². The molecule has 1 N–H and O–H groups in total. The van der Waals surface area contributed by atoms with Gasteiger partial charge in [-0.05, 0) is 69.3 Å². The van der Waals surface area contributed by atoms with Crippen LogP contribution in [0.25, 0.3) is 22.3 Å². The van der Waals surface area contributed by atoms with E-state index >= 15 is 0 Å². The molecule has 0 radical (unpaired) electrons. The molecule has 5 rings (SSSR count). The van der Waals surface area contributed by atoms with E-state index in [0.29, 0.717) is 50.6 Å². The van der Waals surface area contributed by atoms with E-state index in [2.05, 4.69) is 25.3 Å². The molecular weight excluding hydrogens is 505 g/mol. The molecule has 10 heteroatoms. The second kappa shape index (κ2) is 10.4. The van der Waals surface area contributed by atoms with Crippen LogP contribution in [0.1, 0.15) is 37.1 Å². The fourth-order valence-electron chi connectivity index (χ4n) is 4.25. The number of ether oxygens (including phenoxy) is 1. The van der Waals surface area contributed by atoms with Crippen molar-refractivity contribution in [2.24, 2.45) is 0 Å². The summed E-state index contributed by atoms with van der Waals surface area (Å²) in [6.45, 7) is 6.12. The fraction of sp³-hybridized carbons (Fsp3) is 0.179. The van der Waals surface area contributed by atoms with Gasteiger partial charge >= 0.3 is 0 Å². The van der Waals surface area contributed by atoms with Crippen molar-refractivity contribution in [1.82, 2.24) is 24.5 Å². The van der Waals surface area contributed by atoms with Crippen molar-refractivity contribution in [2.45, 2.75) is 33.4 Å². The molecule has 5 aromatic rings. The lowest BCUT2D eigenvalue weighted by atomic mass is 10.1. The average molecular weight is 528 g/mol. The van der Waals surface area contributed by atoms with Crippen LogP contribution in [-0.4, -0.2) is 24.5 Å². The third-order valence-electron chi connectivity index (χ3n) is 5.88. The molecule has 0 spiro atoms. The van der Waals surface area contributed by atoms with Gasteiger partial charge in [0.1, 0.15) is 35.5 Å². The van der Waals surface area contributed by atoms with Gasteiger partial charge in [0, 0.05) is 23.5 Å². The van der Waals surface area contributed by atoms with E-state index in [1.54, 1.807) is 48.7 Å². The first kappa shape index (κ1) is 25.1. The van der Waals surface area contributed by atoms with Gasteiger partial charge in [-0.1, -0.05) is 17.7 Å². The Morgan fingerprint density at radius 2 is 1.95 bits per heavy atom. The van der Waals surface area contributed by atoms with Gasteiger partial charge in [0.25, 0.3) is 0 Å². The number of halogens is 2. The predicted octanol–water partition coefficient (Wildman–Crippen LogP) is 6.76. The maximum Gasteiger partial charge on any atom is 0.227 e. The summed E-state index contributed by atoms with van der Waals surface area (Å²) in [5, 5.41) is 12.5. The minimum Gasteiger partial charge on any atom is -0.486 e. The largest absolute Gasteiger partial charge is 0.486 e. The first-order valence-electron chi connectivity index (χ1n) is 11.9. The summed E-state index contributed by atoms with van der Waals surface area (Å²) in [7, 11) is 0. The Labute approximate surface area is 223 Å². The van der Waals surface area contributed by atoms with Crippen molar-refractivity contribution >= 4 is 34.3 Å². The number of nitriles is 1. The molecule has 0 saturated carbocycles. The topological polar surface area (TPSA) is 102 Å². The van der Waals surface area contributed by atoms with E-state index in [1.807, 2.05) is 37.5 Å². The zero-order chi connectivity index (χ0) is 26.8. The number of aromatic nitrogens is 5. The van der Waals surface area contributed by atoms with E-state index in [1.165, 1.54) is 6.07 Å². The number of nitrogens with one attached hydrogen (secondary N) is 1. The summed E-state index contributed by atoms with van der Waals surface area (Å²) in [4.78, 5) is 17.5. The van der Waals surface area contributed by atoms with Crippen LogP contribution in [0.5, 0.6) is 5.75 Å². The highest BCUT2D eigenvalue weighted by Gasteiger charge is 2.16. The van der Waals surface area contributed by atoms with Gasteiger partial charge < -0.3 is 14.6 Å². The van der Waals surface area contributed by atoms with E-state index in [0.717, 1.165) is 11.3 Å². The maximum absolute atomic E-state index is 14.9. The van der Waals surface area contributed by atoms with Crippen molar-refractivity contribution in [2.75, 3.05) is 5.32 Å². The predicted molar refractivity (Wildman–Crippen MR) is 144 cm³/mol. The van der Waals surface area contributed by atoms with Crippen LogP contribution in [0.2, 0.25) is 5.02 Å². The van der Waals surface area contributed by atoms with Gasteiger partial charge in [-0.3, -0.25) is 0 Å². The van der Waals surface area contributed by atoms with Crippen LogP contribution in [-0.2, 0) is 6.61 Å². The lowest BCUT2D eigenvalue weighted by Crippen LogP contribution is -2.03. The number of hydrogen-bond acceptors (Lipinski definition) is 7. The number of imidazole rings is 1. The zero-order valence-corrected chi connectivity index (χ0v) is 21.7. The van der Waals surface area contributed by atoms with E-state index in [9.17, 15) is 4.39 Å². The third kappa shape index (κ3) is 5.12. The summed E-state index contributed by atoms with van der Waals surface area (Å²) in [5.41, 5.74) is 3.85. The number of nitrogens with zero attached hydrogens (tertiary/aromatic N) is 6. The zero-order valence-electron chi connectivity index (χ0n) is 20.9. The summed E-state index contributed by atoms with van der Waals surface area (Å²) >= 11 is 6.43. The minimum atomic E-state index is -0.398. The highest BCUT2D eigenvalue weighted by atomic mass is 35.5. The lowest BCUT2D eigenvalue weighted by molar-refractivity contribution is 0.301. The third-order valence-corrected chi connectivity index (χ3v) is 6.17. The molecule has 38 heavy (non-hydrogen) atoms. The molecule has 0 fully saturated rings. The smallest absolute Gasteiger partial charge is 0.227 e. The number of aryl methyl sites for hydroxylation is 1. The van der Waals surface area contributed by atoms with Crippen LogP contribution in [0.3, 0.4) is 0 Å². The molecule has 0 bridgehead atoms. The molecule has 3 aromatic heterocycles. The van der Waals surface area contributed by atoms with Crippen molar-refractivity contribution in [3.63, 3.8) is 0 Å². The minimum absolute atomic E-state index is 0.132. The van der Waals surface area contributed by atoms with Crippen molar-refractivity contribution in [3.8, 4) is 23.1 Å². The molecule has 8 nitrogen and oxygen atoms in total. The number of hydrogen-bond donors (Lipinski definition) is 1. The van der Waals surface area contributed by atoms with Gasteiger partial charge in [-0.25, -0.2) is 24.3 Å². The molecule has 0 atom stereocenters. The summed E-state index contributed by atoms with van der Waals surface area (Å²) in [6.07, 6.45) is 1.61. The molecule has 0 aliphatic carbocycles. The van der Waals surface area contributed by atoms with Crippen LogP contribution < -0.4 is 10.1 Å². The number of rotatable bonds is 7. The van der Waals surface area contributed by atoms with Gasteiger partial charge in [0.15, 0.2) is 5.82 Å². The molecule has 0 aliphatic heterocycles. The Bertz CT molecular complexity index is 1690. The Hall–Kier alpha value is -4.55. The number of pyridine rings is 1. The Kier molecular flexibility index (Phi) is 6.90. The monoisotopic (exact) mass is 527 g/mol. The van der Waals surface area contributed by atoms with Crippen molar-refractivity contribution < 1.29 is 9.13 Å². The second-order valence-electron chi connectivity index (χ2n) is 8.90. The molecule has 0 amide bonds. The maximum atomic E-state index is 14.9. The van der Waals surface area contributed by atoms with Gasteiger partial charge in [-0.2, -0.15) is 5.26 Å². The van der Waals surface area contributed by atoms with E-state index in [4.69, 9.17) is 21.6 Å². The highest BCUT2D eigenvalue weighted by Crippen LogP contribution is 2.31. The van der Waals surface area contributed by atoms with Crippen LogP contribution in [0.15, 0.2) is 60.8 Å². The number of anilines is 2. The molecule has 0 unspecified atom stereocenters. The highest BCUT2D eigenvalue weighted by molar-refractivity contribution is 6.32.